The minimum absolute atomic E-state index is 0.345. The number of halogens is 3. The molecule has 1 heterocycles. The molecule has 1 N–H and O–H groups in total. The highest BCUT2D eigenvalue weighted by molar-refractivity contribution is 9.10. The molecule has 1 aromatic carbocycles. The van der Waals surface area contributed by atoms with E-state index in [0.717, 1.165) is 10.5 Å². The van der Waals surface area contributed by atoms with Gasteiger partial charge in [0.15, 0.2) is 0 Å². The maximum absolute atomic E-state index is 12.9. The molecule has 2 rings (SSSR count). The minimum Gasteiger partial charge on any atom is -0.354 e. The first-order valence-corrected chi connectivity index (χ1v) is 5.26. The Bertz CT molecular complexity index is 497. The molecule has 0 amide bonds. The van der Waals surface area contributed by atoms with E-state index in [4.69, 9.17) is 0 Å². The first kappa shape index (κ1) is 11.0. The summed E-state index contributed by atoms with van der Waals surface area (Å²) in [5.41, 5.74) is 0.997. The first-order valence-electron chi connectivity index (χ1n) is 4.47. The van der Waals surface area contributed by atoms with Crippen molar-refractivity contribution < 1.29 is 8.78 Å². The highest BCUT2D eigenvalue weighted by atomic mass is 79.9. The monoisotopic (exact) mass is 284 g/mol. The Balaban J connectivity index is 2.27. The van der Waals surface area contributed by atoms with Crippen LogP contribution in [-0.2, 0) is 0 Å². The number of benzene rings is 1. The summed E-state index contributed by atoms with van der Waals surface area (Å²) in [7, 11) is 0. The average Bonchev–Trinajstić information content (AvgIpc) is 2.15. The van der Waals surface area contributed by atoms with Gasteiger partial charge >= 0.3 is 0 Å². The van der Waals surface area contributed by atoms with Crippen LogP contribution in [0.5, 0.6) is 0 Å². The molecule has 2 nitrogen and oxygen atoms in total. The Morgan fingerprint density at radius 1 is 0.938 bits per heavy atom. The Kier molecular flexibility index (Phi) is 3.14. The van der Waals surface area contributed by atoms with Crippen LogP contribution in [-0.4, -0.2) is 4.98 Å². The first-order chi connectivity index (χ1) is 7.63. The number of aromatic nitrogens is 1. The molecule has 0 aliphatic carbocycles. The van der Waals surface area contributed by atoms with E-state index in [1.807, 2.05) is 0 Å². The van der Waals surface area contributed by atoms with E-state index < -0.39 is 11.6 Å². The smallest absolute Gasteiger partial charge is 0.128 e. The van der Waals surface area contributed by atoms with Crippen molar-refractivity contribution in [3.63, 3.8) is 0 Å². The largest absolute Gasteiger partial charge is 0.354 e. The van der Waals surface area contributed by atoms with Crippen LogP contribution in [0.1, 0.15) is 0 Å². The van der Waals surface area contributed by atoms with E-state index in [-0.39, 0.29) is 0 Å². The molecule has 0 radical (unpaired) electrons. The number of rotatable bonds is 2. The summed E-state index contributed by atoms with van der Waals surface area (Å²) in [6.45, 7) is 0. The molecule has 0 atom stereocenters. The van der Waals surface area contributed by atoms with Gasteiger partial charge in [0.25, 0.3) is 0 Å². The van der Waals surface area contributed by atoms with Crippen LogP contribution in [0, 0.1) is 11.6 Å². The fourth-order valence-electron chi connectivity index (χ4n) is 1.27. The van der Waals surface area contributed by atoms with Crippen LogP contribution in [0.2, 0.25) is 0 Å². The van der Waals surface area contributed by atoms with Crippen molar-refractivity contribution in [3.05, 3.63) is 52.8 Å². The lowest BCUT2D eigenvalue weighted by atomic mass is 10.3. The van der Waals surface area contributed by atoms with Crippen LogP contribution >= 0.6 is 15.9 Å². The number of pyridine rings is 1. The summed E-state index contributed by atoms with van der Waals surface area (Å²) in [6.07, 6.45) is 3.19. The second-order valence-corrected chi connectivity index (χ2v) is 4.09. The molecule has 0 spiro atoms. The molecule has 0 saturated heterocycles. The van der Waals surface area contributed by atoms with E-state index in [2.05, 4.69) is 26.2 Å². The van der Waals surface area contributed by atoms with E-state index in [1.165, 1.54) is 12.1 Å². The van der Waals surface area contributed by atoms with Gasteiger partial charge in [-0.15, -0.1) is 0 Å². The van der Waals surface area contributed by atoms with Gasteiger partial charge in [-0.3, -0.25) is 4.98 Å². The third-order valence-electron chi connectivity index (χ3n) is 1.86. The molecule has 82 valence electrons. The number of nitrogens with zero attached hydrogens (tertiary/aromatic N) is 1. The van der Waals surface area contributed by atoms with E-state index >= 15 is 0 Å². The second-order valence-electron chi connectivity index (χ2n) is 3.17. The Labute approximate surface area is 99.5 Å². The topological polar surface area (TPSA) is 24.9 Å². The van der Waals surface area contributed by atoms with Crippen LogP contribution in [0.4, 0.5) is 20.2 Å². The van der Waals surface area contributed by atoms with Crippen LogP contribution in [0.15, 0.2) is 41.1 Å². The van der Waals surface area contributed by atoms with Gasteiger partial charge in [-0.25, -0.2) is 8.78 Å². The third kappa shape index (κ3) is 2.76. The highest BCUT2D eigenvalue weighted by Gasteiger charge is 2.01. The fourth-order valence-corrected chi connectivity index (χ4v) is 1.64. The van der Waals surface area contributed by atoms with E-state index in [0.29, 0.717) is 11.4 Å². The molecule has 0 bridgehead atoms. The number of anilines is 2. The molecule has 5 heteroatoms. The van der Waals surface area contributed by atoms with Crippen LogP contribution < -0.4 is 5.32 Å². The lowest BCUT2D eigenvalue weighted by Crippen LogP contribution is -1.93. The Morgan fingerprint density at radius 2 is 1.62 bits per heavy atom. The van der Waals surface area contributed by atoms with Gasteiger partial charge in [0.1, 0.15) is 11.6 Å². The molecule has 0 aliphatic rings. The summed E-state index contributed by atoms with van der Waals surface area (Å²) in [4.78, 5) is 3.93. The zero-order chi connectivity index (χ0) is 11.5. The quantitative estimate of drug-likeness (QED) is 0.906. The minimum atomic E-state index is -0.620. The van der Waals surface area contributed by atoms with Gasteiger partial charge in [-0.05, 0) is 34.1 Å². The molecule has 0 aliphatic heterocycles. The summed E-state index contributed by atoms with van der Waals surface area (Å²) in [5, 5.41) is 2.85. The lowest BCUT2D eigenvalue weighted by molar-refractivity contribution is 0.584. The molecule has 0 unspecified atom stereocenters. The standard InChI is InChI=1S/C11H7BrF2N2/c12-7-1-11(6-15-5-7)16-10-3-8(13)2-9(14)4-10/h1-6,16H. The van der Waals surface area contributed by atoms with Crippen molar-refractivity contribution in [2.75, 3.05) is 5.32 Å². The van der Waals surface area contributed by atoms with E-state index in [1.54, 1.807) is 18.5 Å². The van der Waals surface area contributed by atoms with Crippen molar-refractivity contribution in [1.82, 2.24) is 4.98 Å². The van der Waals surface area contributed by atoms with Gasteiger partial charge in [0.2, 0.25) is 0 Å². The van der Waals surface area contributed by atoms with Crippen molar-refractivity contribution >= 4 is 27.3 Å². The molecular weight excluding hydrogens is 278 g/mol. The predicted octanol–water partition coefficient (Wildman–Crippen LogP) is 3.87. The van der Waals surface area contributed by atoms with Gasteiger partial charge < -0.3 is 5.32 Å². The maximum atomic E-state index is 12.9. The average molecular weight is 285 g/mol. The summed E-state index contributed by atoms with van der Waals surface area (Å²) >= 11 is 3.25. The van der Waals surface area contributed by atoms with Gasteiger partial charge in [-0.1, -0.05) is 0 Å². The van der Waals surface area contributed by atoms with Crippen molar-refractivity contribution in [2.24, 2.45) is 0 Å². The normalized spacial score (nSPS) is 10.2. The molecular formula is C11H7BrF2N2. The number of hydrogen-bond acceptors (Lipinski definition) is 2. The van der Waals surface area contributed by atoms with E-state index in [9.17, 15) is 8.78 Å². The molecule has 0 saturated carbocycles. The highest BCUT2D eigenvalue weighted by Crippen LogP contribution is 2.20. The zero-order valence-electron chi connectivity index (χ0n) is 8.05. The summed E-state index contributed by atoms with van der Waals surface area (Å²) < 4.78 is 26.6. The molecule has 1 aromatic heterocycles. The lowest BCUT2D eigenvalue weighted by Gasteiger charge is -2.06. The predicted molar refractivity (Wildman–Crippen MR) is 61.6 cm³/mol. The van der Waals surface area contributed by atoms with Crippen molar-refractivity contribution in [3.8, 4) is 0 Å². The third-order valence-corrected chi connectivity index (χ3v) is 2.29. The summed E-state index contributed by atoms with van der Waals surface area (Å²) in [6, 6.07) is 5.01. The Morgan fingerprint density at radius 3 is 2.25 bits per heavy atom. The van der Waals surface area contributed by atoms with Gasteiger partial charge in [0, 0.05) is 22.4 Å². The Hall–Kier alpha value is -1.49. The molecule has 16 heavy (non-hydrogen) atoms. The number of nitrogens with one attached hydrogen (secondary N) is 1. The van der Waals surface area contributed by atoms with Crippen molar-refractivity contribution in [1.29, 1.82) is 0 Å². The molecule has 0 fully saturated rings. The van der Waals surface area contributed by atoms with Crippen LogP contribution in [0.3, 0.4) is 0 Å². The molecule has 2 aromatic rings. The maximum Gasteiger partial charge on any atom is 0.128 e. The fraction of sp³-hybridized carbons (Fsp3) is 0. The summed E-state index contributed by atoms with van der Waals surface area (Å²) in [5.74, 6) is -1.24. The number of hydrogen-bond donors (Lipinski definition) is 1. The second kappa shape index (κ2) is 4.57. The van der Waals surface area contributed by atoms with Crippen molar-refractivity contribution in [2.45, 2.75) is 0 Å². The SMILES string of the molecule is Fc1cc(F)cc(Nc2cncc(Br)c2)c1. The van der Waals surface area contributed by atoms with Gasteiger partial charge in [-0.2, -0.15) is 0 Å². The van der Waals surface area contributed by atoms with Gasteiger partial charge in [0.05, 0.1) is 11.9 Å². The van der Waals surface area contributed by atoms with Crippen LogP contribution in [0.25, 0.3) is 0 Å². The zero-order valence-corrected chi connectivity index (χ0v) is 9.63.